The largest absolute Gasteiger partial charge is 0.437 e. The van der Waals surface area contributed by atoms with Crippen LogP contribution in [0.3, 0.4) is 0 Å². The number of aryl methyl sites for hydroxylation is 1. The zero-order valence-corrected chi connectivity index (χ0v) is 20.6. The number of benzene rings is 2. The lowest BCUT2D eigenvalue weighted by Crippen LogP contribution is -2.24. The first-order chi connectivity index (χ1) is 17.4. The first kappa shape index (κ1) is 23.9. The standard InChI is InChI=1S/C26H26FN5O3S/c1-16-11-18(5-6-21(16)25(28)33)23-15-30-26-22(29-14-17-7-9-36(34)10-8-17)13-24(31-32(23)26)35-20-4-2-3-19(27)12-20/h2-6,11-13,15,17,29H,7-10,14H2,1H3,(H2,28,33). The molecule has 1 saturated heterocycles. The Kier molecular flexibility index (Phi) is 6.69. The van der Waals surface area contributed by atoms with Crippen molar-refractivity contribution < 1.29 is 18.1 Å². The van der Waals surface area contributed by atoms with Gasteiger partial charge in [0.1, 0.15) is 11.6 Å². The Morgan fingerprint density at radius 1 is 1.22 bits per heavy atom. The molecule has 1 amide bonds. The van der Waals surface area contributed by atoms with Gasteiger partial charge in [-0.25, -0.2) is 13.9 Å². The second kappa shape index (κ2) is 10.1. The normalized spacial score (nSPS) is 17.7. The number of carbonyl (C=O) groups is 1. The first-order valence-electron chi connectivity index (χ1n) is 11.7. The first-order valence-corrected chi connectivity index (χ1v) is 13.2. The number of fused-ring (bicyclic) bond motifs is 1. The molecule has 2 aromatic carbocycles. The lowest BCUT2D eigenvalue weighted by Gasteiger charge is -2.22. The fourth-order valence-electron chi connectivity index (χ4n) is 4.37. The number of hydrogen-bond donors (Lipinski definition) is 2. The monoisotopic (exact) mass is 507 g/mol. The lowest BCUT2D eigenvalue weighted by atomic mass is 10.0. The molecule has 36 heavy (non-hydrogen) atoms. The summed E-state index contributed by atoms with van der Waals surface area (Å²) in [6, 6.07) is 13.0. The Bertz CT molecular complexity index is 1460. The molecule has 8 nitrogen and oxygen atoms in total. The molecule has 1 aliphatic heterocycles. The van der Waals surface area contributed by atoms with Gasteiger partial charge >= 0.3 is 0 Å². The molecule has 3 N–H and O–H groups in total. The summed E-state index contributed by atoms with van der Waals surface area (Å²) >= 11 is 0. The van der Waals surface area contributed by atoms with E-state index in [4.69, 9.17) is 10.5 Å². The summed E-state index contributed by atoms with van der Waals surface area (Å²) in [6.07, 6.45) is 3.51. The smallest absolute Gasteiger partial charge is 0.248 e. The van der Waals surface area contributed by atoms with E-state index < -0.39 is 22.5 Å². The molecule has 0 atom stereocenters. The summed E-state index contributed by atoms with van der Waals surface area (Å²) in [5.74, 6) is 1.55. The number of rotatable bonds is 7. The summed E-state index contributed by atoms with van der Waals surface area (Å²) < 4.78 is 33.0. The summed E-state index contributed by atoms with van der Waals surface area (Å²) in [5.41, 5.74) is 9.49. The van der Waals surface area contributed by atoms with Crippen LogP contribution in [0, 0.1) is 18.7 Å². The molecule has 4 aromatic rings. The number of imidazole rings is 1. The van der Waals surface area contributed by atoms with Crippen LogP contribution >= 0.6 is 0 Å². The third-order valence-corrected chi connectivity index (χ3v) is 7.72. The maximum Gasteiger partial charge on any atom is 0.248 e. The van der Waals surface area contributed by atoms with Crippen LogP contribution < -0.4 is 15.8 Å². The van der Waals surface area contributed by atoms with Crippen molar-refractivity contribution in [3.8, 4) is 22.9 Å². The minimum absolute atomic E-state index is 0.269. The Labute approximate surface area is 210 Å². The second-order valence-electron chi connectivity index (χ2n) is 8.90. The highest BCUT2D eigenvalue weighted by Gasteiger charge is 2.20. The quantitative estimate of drug-likeness (QED) is 0.386. The molecule has 0 bridgehead atoms. The maximum atomic E-state index is 13.7. The molecule has 1 aliphatic rings. The fraction of sp³-hybridized carbons (Fsp3) is 0.269. The van der Waals surface area contributed by atoms with Crippen LogP contribution in [-0.2, 0) is 10.8 Å². The Balaban J connectivity index is 1.53. The Hall–Kier alpha value is -3.79. The molecule has 0 radical (unpaired) electrons. The molecular formula is C26H26FN5O3S. The molecule has 10 heteroatoms. The molecule has 0 saturated carbocycles. The van der Waals surface area contributed by atoms with Crippen molar-refractivity contribution in [2.45, 2.75) is 19.8 Å². The van der Waals surface area contributed by atoms with Gasteiger partial charge in [0.05, 0.1) is 17.6 Å². The molecule has 1 fully saturated rings. The predicted octanol–water partition coefficient (Wildman–Crippen LogP) is 4.31. The minimum Gasteiger partial charge on any atom is -0.437 e. The number of nitrogens with two attached hydrogens (primary N) is 1. The van der Waals surface area contributed by atoms with E-state index in [2.05, 4.69) is 15.4 Å². The van der Waals surface area contributed by atoms with E-state index in [0.717, 1.165) is 41.2 Å². The van der Waals surface area contributed by atoms with Crippen LogP contribution in [0.15, 0.2) is 54.7 Å². The van der Waals surface area contributed by atoms with Gasteiger partial charge in [-0.05, 0) is 55.5 Å². The average Bonchev–Trinajstić information content (AvgIpc) is 3.27. The third-order valence-electron chi connectivity index (χ3n) is 6.34. The summed E-state index contributed by atoms with van der Waals surface area (Å²) in [6.45, 7) is 2.52. The van der Waals surface area contributed by atoms with E-state index in [1.165, 1.54) is 12.1 Å². The predicted molar refractivity (Wildman–Crippen MR) is 137 cm³/mol. The number of carbonyl (C=O) groups excluding carboxylic acids is 1. The van der Waals surface area contributed by atoms with E-state index in [1.807, 2.05) is 13.0 Å². The van der Waals surface area contributed by atoms with Crippen molar-refractivity contribution in [2.24, 2.45) is 11.7 Å². The Morgan fingerprint density at radius 2 is 2.03 bits per heavy atom. The number of primary amides is 1. The number of aromatic nitrogens is 3. The molecular weight excluding hydrogens is 481 g/mol. The number of ether oxygens (including phenoxy) is 1. The van der Waals surface area contributed by atoms with Crippen molar-refractivity contribution >= 4 is 28.0 Å². The van der Waals surface area contributed by atoms with E-state index in [1.54, 1.807) is 41.0 Å². The zero-order chi connectivity index (χ0) is 25.2. The molecule has 5 rings (SSSR count). The highest BCUT2D eigenvalue weighted by molar-refractivity contribution is 7.85. The van der Waals surface area contributed by atoms with Gasteiger partial charge in [-0.2, -0.15) is 0 Å². The molecule has 3 heterocycles. The van der Waals surface area contributed by atoms with Gasteiger partial charge in [0.25, 0.3) is 0 Å². The van der Waals surface area contributed by atoms with Gasteiger partial charge in [-0.1, -0.05) is 12.1 Å². The van der Waals surface area contributed by atoms with E-state index in [9.17, 15) is 13.4 Å². The molecule has 0 spiro atoms. The van der Waals surface area contributed by atoms with Crippen molar-refractivity contribution in [1.82, 2.24) is 14.6 Å². The van der Waals surface area contributed by atoms with Gasteiger partial charge in [-0.15, -0.1) is 5.10 Å². The van der Waals surface area contributed by atoms with Crippen LogP contribution in [0.4, 0.5) is 10.1 Å². The lowest BCUT2D eigenvalue weighted by molar-refractivity contribution is 0.0999. The summed E-state index contributed by atoms with van der Waals surface area (Å²) in [5, 5.41) is 8.10. The highest BCUT2D eigenvalue weighted by Crippen LogP contribution is 2.30. The summed E-state index contributed by atoms with van der Waals surface area (Å²) in [7, 11) is -0.718. The molecule has 186 valence electrons. The second-order valence-corrected chi connectivity index (χ2v) is 10.6. The number of hydrogen-bond acceptors (Lipinski definition) is 6. The molecule has 0 aliphatic carbocycles. The third kappa shape index (κ3) is 5.08. The van der Waals surface area contributed by atoms with Gasteiger partial charge < -0.3 is 15.8 Å². The number of amides is 1. The Morgan fingerprint density at radius 3 is 2.75 bits per heavy atom. The van der Waals surface area contributed by atoms with Crippen LogP contribution in [-0.4, -0.2) is 42.8 Å². The van der Waals surface area contributed by atoms with Crippen LogP contribution in [0.2, 0.25) is 0 Å². The van der Waals surface area contributed by atoms with E-state index in [0.29, 0.717) is 35.1 Å². The van der Waals surface area contributed by atoms with Crippen molar-refractivity contribution in [3.05, 3.63) is 71.7 Å². The molecule has 0 unspecified atom stereocenters. The fourth-order valence-corrected chi connectivity index (χ4v) is 5.77. The van der Waals surface area contributed by atoms with Crippen LogP contribution in [0.5, 0.6) is 11.6 Å². The SMILES string of the molecule is Cc1cc(-c2cnc3c(NCC4CCS(=O)CC4)cc(Oc4cccc(F)c4)nn23)ccc1C(N)=O. The van der Waals surface area contributed by atoms with Crippen molar-refractivity contribution in [3.63, 3.8) is 0 Å². The number of anilines is 1. The van der Waals surface area contributed by atoms with Crippen LogP contribution in [0.25, 0.3) is 16.9 Å². The van der Waals surface area contributed by atoms with Crippen LogP contribution in [0.1, 0.15) is 28.8 Å². The topological polar surface area (TPSA) is 112 Å². The van der Waals surface area contributed by atoms with Gasteiger partial charge in [0.15, 0.2) is 5.65 Å². The zero-order valence-electron chi connectivity index (χ0n) is 19.7. The maximum absolute atomic E-state index is 13.7. The highest BCUT2D eigenvalue weighted by atomic mass is 32.2. The molecule has 2 aromatic heterocycles. The van der Waals surface area contributed by atoms with Gasteiger partial charge in [-0.3, -0.25) is 9.00 Å². The van der Waals surface area contributed by atoms with Gasteiger partial charge in [0.2, 0.25) is 11.8 Å². The van der Waals surface area contributed by atoms with E-state index in [-0.39, 0.29) is 5.88 Å². The summed E-state index contributed by atoms with van der Waals surface area (Å²) in [4.78, 5) is 16.3. The minimum atomic E-state index is -0.718. The van der Waals surface area contributed by atoms with Crippen molar-refractivity contribution in [1.29, 1.82) is 0 Å². The van der Waals surface area contributed by atoms with Gasteiger partial charge in [0, 0.05) is 52.1 Å². The van der Waals surface area contributed by atoms with Crippen molar-refractivity contribution in [2.75, 3.05) is 23.4 Å². The number of nitrogens with zero attached hydrogens (tertiary/aromatic N) is 3. The number of halogens is 1. The number of nitrogens with one attached hydrogen (secondary N) is 1. The average molecular weight is 508 g/mol. The van der Waals surface area contributed by atoms with E-state index >= 15 is 0 Å².